The van der Waals surface area contributed by atoms with Crippen molar-refractivity contribution in [2.24, 2.45) is 11.3 Å². The van der Waals surface area contributed by atoms with Crippen molar-refractivity contribution in [2.75, 3.05) is 7.11 Å². The lowest BCUT2D eigenvalue weighted by atomic mass is 9.75. The molecule has 0 amide bonds. The number of ether oxygens (including phenoxy) is 1. The van der Waals surface area contributed by atoms with E-state index in [9.17, 15) is 9.59 Å². The Morgan fingerprint density at radius 2 is 1.86 bits per heavy atom. The van der Waals surface area contributed by atoms with Gasteiger partial charge in [-0.25, -0.2) is 0 Å². The second-order valence-electron chi connectivity index (χ2n) is 4.08. The van der Waals surface area contributed by atoms with E-state index in [0.29, 0.717) is 18.8 Å². The van der Waals surface area contributed by atoms with Crippen molar-refractivity contribution in [1.29, 1.82) is 0 Å². The summed E-state index contributed by atoms with van der Waals surface area (Å²) >= 11 is 0. The van der Waals surface area contributed by atoms with Crippen LogP contribution in [0.5, 0.6) is 0 Å². The molecule has 3 nitrogen and oxygen atoms in total. The van der Waals surface area contributed by atoms with Crippen LogP contribution < -0.4 is 0 Å². The average molecular weight is 200 g/mol. The van der Waals surface area contributed by atoms with Gasteiger partial charge >= 0.3 is 5.97 Å². The van der Waals surface area contributed by atoms with E-state index in [4.69, 9.17) is 4.74 Å². The van der Waals surface area contributed by atoms with Gasteiger partial charge < -0.3 is 4.74 Å². The second kappa shape index (κ2) is 5.13. The van der Waals surface area contributed by atoms with Crippen LogP contribution in [0.25, 0.3) is 0 Å². The zero-order valence-corrected chi connectivity index (χ0v) is 9.72. The van der Waals surface area contributed by atoms with Gasteiger partial charge in [0.1, 0.15) is 11.2 Å². The third kappa shape index (κ3) is 2.56. The number of rotatable bonds is 5. The Morgan fingerprint density at radius 3 is 2.07 bits per heavy atom. The molecule has 0 aliphatic carbocycles. The topological polar surface area (TPSA) is 43.4 Å². The van der Waals surface area contributed by atoms with Crippen molar-refractivity contribution in [3.8, 4) is 0 Å². The van der Waals surface area contributed by atoms with Crippen molar-refractivity contribution in [3.63, 3.8) is 0 Å². The molecular formula is C11H20O3. The van der Waals surface area contributed by atoms with Crippen molar-refractivity contribution in [2.45, 2.75) is 40.5 Å². The molecule has 0 aromatic carbocycles. The van der Waals surface area contributed by atoms with E-state index >= 15 is 0 Å². The first-order valence-corrected chi connectivity index (χ1v) is 5.00. The van der Waals surface area contributed by atoms with Gasteiger partial charge in [-0.05, 0) is 25.7 Å². The smallest absolute Gasteiger partial charge is 0.319 e. The summed E-state index contributed by atoms with van der Waals surface area (Å²) in [5.41, 5.74) is -0.928. The van der Waals surface area contributed by atoms with E-state index in [1.807, 2.05) is 20.8 Å². The van der Waals surface area contributed by atoms with Gasteiger partial charge in [-0.15, -0.1) is 0 Å². The highest BCUT2D eigenvalue weighted by molar-refractivity contribution is 6.02. The molecule has 14 heavy (non-hydrogen) atoms. The average Bonchev–Trinajstić information content (AvgIpc) is 2.12. The lowest BCUT2D eigenvalue weighted by molar-refractivity contribution is -0.159. The fourth-order valence-electron chi connectivity index (χ4n) is 1.80. The highest BCUT2D eigenvalue weighted by atomic mass is 16.5. The Morgan fingerprint density at radius 1 is 1.36 bits per heavy atom. The Kier molecular flexibility index (Phi) is 4.81. The van der Waals surface area contributed by atoms with Crippen LogP contribution in [-0.2, 0) is 14.3 Å². The van der Waals surface area contributed by atoms with Crippen LogP contribution in [0.3, 0.4) is 0 Å². The minimum atomic E-state index is -0.928. The van der Waals surface area contributed by atoms with E-state index in [0.717, 1.165) is 0 Å². The minimum Gasteiger partial charge on any atom is -0.468 e. The van der Waals surface area contributed by atoms with Gasteiger partial charge in [-0.3, -0.25) is 9.59 Å². The first kappa shape index (κ1) is 13.1. The minimum absolute atomic E-state index is 0.0967. The maximum atomic E-state index is 11.6. The molecule has 0 N–H and O–H groups in total. The first-order chi connectivity index (χ1) is 6.40. The third-order valence-electron chi connectivity index (χ3n) is 2.61. The standard InChI is InChI=1S/C11H20O3/c1-6-11(9(4)12,7-8(2)3)10(13)14-5/h8H,6-7H2,1-5H3. The molecule has 0 rings (SSSR count). The monoisotopic (exact) mass is 200 g/mol. The third-order valence-corrected chi connectivity index (χ3v) is 2.61. The molecule has 0 aliphatic heterocycles. The molecule has 0 saturated carbocycles. The van der Waals surface area contributed by atoms with E-state index < -0.39 is 11.4 Å². The highest BCUT2D eigenvalue weighted by Gasteiger charge is 2.42. The summed E-state index contributed by atoms with van der Waals surface area (Å²) in [6.45, 7) is 7.30. The van der Waals surface area contributed by atoms with Crippen molar-refractivity contribution in [1.82, 2.24) is 0 Å². The predicted molar refractivity (Wildman–Crippen MR) is 54.9 cm³/mol. The van der Waals surface area contributed by atoms with Crippen LogP contribution in [0, 0.1) is 11.3 Å². The van der Waals surface area contributed by atoms with Crippen LogP contribution in [0.4, 0.5) is 0 Å². The largest absolute Gasteiger partial charge is 0.468 e. The van der Waals surface area contributed by atoms with Gasteiger partial charge in [-0.1, -0.05) is 20.8 Å². The number of methoxy groups -OCH3 is 1. The van der Waals surface area contributed by atoms with Crippen molar-refractivity contribution >= 4 is 11.8 Å². The zero-order valence-electron chi connectivity index (χ0n) is 9.72. The Labute approximate surface area is 85.8 Å². The van der Waals surface area contributed by atoms with Gasteiger partial charge in [0.15, 0.2) is 0 Å². The molecule has 0 fully saturated rings. The number of hydrogen-bond donors (Lipinski definition) is 0. The summed E-state index contributed by atoms with van der Waals surface area (Å²) in [6, 6.07) is 0. The van der Waals surface area contributed by atoms with Crippen LogP contribution in [0.2, 0.25) is 0 Å². The van der Waals surface area contributed by atoms with Crippen LogP contribution in [0.15, 0.2) is 0 Å². The van der Waals surface area contributed by atoms with Gasteiger partial charge in [0.25, 0.3) is 0 Å². The Hall–Kier alpha value is -0.860. The molecule has 0 spiro atoms. The number of esters is 1. The number of hydrogen-bond acceptors (Lipinski definition) is 3. The Bertz CT molecular complexity index is 221. The molecule has 0 aromatic rings. The van der Waals surface area contributed by atoms with Gasteiger partial charge in [0.2, 0.25) is 0 Å². The molecule has 0 aromatic heterocycles. The fraction of sp³-hybridized carbons (Fsp3) is 0.818. The predicted octanol–water partition coefficient (Wildman–Crippen LogP) is 2.19. The van der Waals surface area contributed by atoms with E-state index in [1.165, 1.54) is 14.0 Å². The summed E-state index contributed by atoms with van der Waals surface area (Å²) in [6.07, 6.45) is 1.07. The maximum Gasteiger partial charge on any atom is 0.319 e. The molecular weight excluding hydrogens is 180 g/mol. The first-order valence-electron chi connectivity index (χ1n) is 5.00. The SMILES string of the molecule is CCC(CC(C)C)(C(C)=O)C(=O)OC. The van der Waals surface area contributed by atoms with E-state index in [2.05, 4.69) is 0 Å². The Balaban J connectivity index is 4.98. The number of ketones is 1. The normalized spacial score (nSPS) is 15.0. The van der Waals surface area contributed by atoms with Crippen molar-refractivity contribution in [3.05, 3.63) is 0 Å². The molecule has 3 heteroatoms. The van der Waals surface area contributed by atoms with Crippen LogP contribution >= 0.6 is 0 Å². The highest BCUT2D eigenvalue weighted by Crippen LogP contribution is 2.32. The lowest BCUT2D eigenvalue weighted by Gasteiger charge is -2.28. The zero-order chi connectivity index (χ0) is 11.4. The van der Waals surface area contributed by atoms with Gasteiger partial charge in [0.05, 0.1) is 7.11 Å². The summed E-state index contributed by atoms with van der Waals surface area (Å²) in [4.78, 5) is 23.1. The van der Waals surface area contributed by atoms with Crippen LogP contribution in [0.1, 0.15) is 40.5 Å². The number of carbonyl (C=O) groups excluding carboxylic acids is 2. The van der Waals surface area contributed by atoms with E-state index in [-0.39, 0.29) is 5.78 Å². The molecule has 0 heterocycles. The van der Waals surface area contributed by atoms with Crippen molar-refractivity contribution < 1.29 is 14.3 Å². The molecule has 1 unspecified atom stereocenters. The lowest BCUT2D eigenvalue weighted by Crippen LogP contribution is -2.39. The fourth-order valence-corrected chi connectivity index (χ4v) is 1.80. The summed E-state index contributed by atoms with van der Waals surface area (Å²) < 4.78 is 4.71. The van der Waals surface area contributed by atoms with Gasteiger partial charge in [-0.2, -0.15) is 0 Å². The molecule has 0 aliphatic rings. The summed E-state index contributed by atoms with van der Waals surface area (Å²) in [7, 11) is 1.33. The van der Waals surface area contributed by atoms with Gasteiger partial charge in [0, 0.05) is 0 Å². The molecule has 82 valence electrons. The quantitative estimate of drug-likeness (QED) is 0.504. The molecule has 0 bridgehead atoms. The molecule has 1 atom stereocenters. The summed E-state index contributed by atoms with van der Waals surface area (Å²) in [5.74, 6) is -0.195. The van der Waals surface area contributed by atoms with Crippen LogP contribution in [-0.4, -0.2) is 18.9 Å². The molecule has 0 saturated heterocycles. The molecule has 0 radical (unpaired) electrons. The number of Topliss-reactive ketones (excluding diaryl/α,β-unsaturated/α-hetero) is 1. The maximum absolute atomic E-state index is 11.6. The second-order valence-corrected chi connectivity index (χ2v) is 4.08. The number of carbonyl (C=O) groups is 2. The van der Waals surface area contributed by atoms with E-state index in [1.54, 1.807) is 0 Å². The summed E-state index contributed by atoms with van der Waals surface area (Å²) in [5, 5.41) is 0.